The molecule has 3 aromatic carbocycles. The number of hydrogen-bond donors (Lipinski definition) is 3. The Bertz CT molecular complexity index is 1000. The molecule has 6 heteroatoms. The van der Waals surface area contributed by atoms with Crippen LogP contribution in [0.4, 0.5) is 5.69 Å². The second-order valence-corrected chi connectivity index (χ2v) is 7.22. The van der Waals surface area contributed by atoms with E-state index in [-0.39, 0.29) is 16.8 Å². The SMILES string of the molecule is CC(C)COc1ccc(C(=O)NC(=S)Nc2cccc3c(O)cccc23)cc1. The average Bonchev–Trinajstić information content (AvgIpc) is 2.67. The third-order valence-corrected chi connectivity index (χ3v) is 4.28. The van der Waals surface area contributed by atoms with Gasteiger partial charge in [0.15, 0.2) is 5.11 Å². The predicted octanol–water partition coefficient (Wildman–Crippen LogP) is 4.71. The summed E-state index contributed by atoms with van der Waals surface area (Å²) in [6.45, 7) is 4.78. The van der Waals surface area contributed by atoms with Crippen molar-refractivity contribution in [3.63, 3.8) is 0 Å². The minimum Gasteiger partial charge on any atom is -0.507 e. The number of rotatable bonds is 5. The van der Waals surface area contributed by atoms with E-state index in [4.69, 9.17) is 17.0 Å². The summed E-state index contributed by atoms with van der Waals surface area (Å²) < 4.78 is 5.62. The molecule has 0 aromatic heterocycles. The van der Waals surface area contributed by atoms with Crippen LogP contribution in [-0.2, 0) is 0 Å². The van der Waals surface area contributed by atoms with Gasteiger partial charge < -0.3 is 15.2 Å². The van der Waals surface area contributed by atoms with Crippen LogP contribution in [0.25, 0.3) is 10.8 Å². The summed E-state index contributed by atoms with van der Waals surface area (Å²) in [4.78, 5) is 12.4. The summed E-state index contributed by atoms with van der Waals surface area (Å²) in [5.74, 6) is 1.04. The fraction of sp³-hybridized carbons (Fsp3) is 0.182. The molecule has 28 heavy (non-hydrogen) atoms. The van der Waals surface area contributed by atoms with Crippen molar-refractivity contribution >= 4 is 39.7 Å². The topological polar surface area (TPSA) is 70.6 Å². The van der Waals surface area contributed by atoms with Crippen molar-refractivity contribution in [2.24, 2.45) is 5.92 Å². The van der Waals surface area contributed by atoms with E-state index in [1.54, 1.807) is 36.4 Å². The molecular formula is C22H22N2O3S. The molecule has 0 saturated carbocycles. The molecule has 0 aliphatic carbocycles. The van der Waals surface area contributed by atoms with E-state index in [1.807, 2.05) is 24.3 Å². The van der Waals surface area contributed by atoms with Gasteiger partial charge in [0.2, 0.25) is 0 Å². The highest BCUT2D eigenvalue weighted by atomic mass is 32.1. The number of fused-ring (bicyclic) bond motifs is 1. The van der Waals surface area contributed by atoms with E-state index in [9.17, 15) is 9.90 Å². The lowest BCUT2D eigenvalue weighted by atomic mass is 10.1. The number of hydrogen-bond acceptors (Lipinski definition) is 4. The molecule has 3 aromatic rings. The number of nitrogens with one attached hydrogen (secondary N) is 2. The molecule has 0 bridgehead atoms. The summed E-state index contributed by atoms with van der Waals surface area (Å²) in [5.41, 5.74) is 1.19. The third-order valence-electron chi connectivity index (χ3n) is 4.07. The maximum Gasteiger partial charge on any atom is 0.257 e. The van der Waals surface area contributed by atoms with Crippen molar-refractivity contribution in [2.45, 2.75) is 13.8 Å². The Morgan fingerprint density at radius 3 is 2.43 bits per heavy atom. The van der Waals surface area contributed by atoms with Crippen molar-refractivity contribution in [2.75, 3.05) is 11.9 Å². The number of phenolic OH excluding ortho intramolecular Hbond substituents is 1. The van der Waals surface area contributed by atoms with Gasteiger partial charge in [0, 0.05) is 22.0 Å². The van der Waals surface area contributed by atoms with Gasteiger partial charge in [0.1, 0.15) is 11.5 Å². The van der Waals surface area contributed by atoms with E-state index in [0.29, 0.717) is 29.2 Å². The largest absolute Gasteiger partial charge is 0.507 e. The smallest absolute Gasteiger partial charge is 0.257 e. The summed E-state index contributed by atoms with van der Waals surface area (Å²) in [5, 5.41) is 17.4. The van der Waals surface area contributed by atoms with Gasteiger partial charge in [-0.15, -0.1) is 0 Å². The number of phenols is 1. The first-order valence-electron chi connectivity index (χ1n) is 9.00. The van der Waals surface area contributed by atoms with Crippen LogP contribution >= 0.6 is 12.2 Å². The Morgan fingerprint density at radius 1 is 1.04 bits per heavy atom. The molecule has 1 amide bonds. The number of benzene rings is 3. The van der Waals surface area contributed by atoms with Gasteiger partial charge in [0.05, 0.1) is 6.61 Å². The van der Waals surface area contributed by atoms with Gasteiger partial charge >= 0.3 is 0 Å². The minimum atomic E-state index is -0.309. The molecular weight excluding hydrogens is 372 g/mol. The number of thiocarbonyl (C=S) groups is 1. The molecule has 0 aliphatic heterocycles. The Labute approximate surface area is 169 Å². The Kier molecular flexibility index (Phi) is 6.11. The number of carbonyl (C=O) groups excluding carboxylic acids is 1. The maximum atomic E-state index is 12.4. The van der Waals surface area contributed by atoms with E-state index < -0.39 is 0 Å². The lowest BCUT2D eigenvalue weighted by Gasteiger charge is -2.13. The van der Waals surface area contributed by atoms with Gasteiger partial charge in [-0.3, -0.25) is 10.1 Å². The van der Waals surface area contributed by atoms with Crippen LogP contribution in [0.3, 0.4) is 0 Å². The fourth-order valence-corrected chi connectivity index (χ4v) is 2.90. The van der Waals surface area contributed by atoms with Crippen LogP contribution in [-0.4, -0.2) is 22.7 Å². The zero-order valence-electron chi connectivity index (χ0n) is 15.7. The number of amides is 1. The van der Waals surface area contributed by atoms with Crippen molar-refractivity contribution < 1.29 is 14.6 Å². The van der Waals surface area contributed by atoms with Crippen LogP contribution < -0.4 is 15.4 Å². The molecule has 5 nitrogen and oxygen atoms in total. The van der Waals surface area contributed by atoms with Crippen LogP contribution in [0.2, 0.25) is 0 Å². The van der Waals surface area contributed by atoms with E-state index in [1.165, 1.54) is 0 Å². The molecule has 0 aliphatic rings. The number of anilines is 1. The lowest BCUT2D eigenvalue weighted by Crippen LogP contribution is -2.34. The molecule has 0 fully saturated rings. The van der Waals surface area contributed by atoms with Crippen molar-refractivity contribution in [1.82, 2.24) is 5.32 Å². The van der Waals surface area contributed by atoms with E-state index in [2.05, 4.69) is 24.5 Å². The number of ether oxygens (including phenoxy) is 1. The third kappa shape index (κ3) is 4.78. The molecule has 0 spiro atoms. The first-order valence-corrected chi connectivity index (χ1v) is 9.41. The molecule has 3 N–H and O–H groups in total. The monoisotopic (exact) mass is 394 g/mol. The second kappa shape index (κ2) is 8.71. The summed E-state index contributed by atoms with van der Waals surface area (Å²) in [6.07, 6.45) is 0. The van der Waals surface area contributed by atoms with E-state index in [0.717, 1.165) is 11.1 Å². The summed E-state index contributed by atoms with van der Waals surface area (Å²) in [6, 6.07) is 17.6. The quantitative estimate of drug-likeness (QED) is 0.547. The number of aromatic hydroxyl groups is 1. The molecule has 0 heterocycles. The Morgan fingerprint density at radius 2 is 1.71 bits per heavy atom. The fourth-order valence-electron chi connectivity index (χ4n) is 2.70. The molecule has 0 atom stereocenters. The standard InChI is InChI=1S/C22H22N2O3S/c1-14(2)13-27-16-11-9-15(10-12-16)21(26)24-22(28)23-19-7-3-6-18-17(19)5-4-8-20(18)25/h3-12,14,25H,13H2,1-2H3,(H2,23,24,26,28). The van der Waals surface area contributed by atoms with Crippen molar-refractivity contribution in [3.05, 3.63) is 66.2 Å². The van der Waals surface area contributed by atoms with Crippen molar-refractivity contribution in [1.29, 1.82) is 0 Å². The van der Waals surface area contributed by atoms with Crippen LogP contribution in [0.15, 0.2) is 60.7 Å². The molecule has 3 rings (SSSR count). The Hall–Kier alpha value is -3.12. The highest BCUT2D eigenvalue weighted by Gasteiger charge is 2.10. The molecule has 0 saturated heterocycles. The van der Waals surface area contributed by atoms with Gasteiger partial charge in [0.25, 0.3) is 5.91 Å². The highest BCUT2D eigenvalue weighted by Crippen LogP contribution is 2.29. The van der Waals surface area contributed by atoms with Crippen LogP contribution in [0, 0.1) is 5.92 Å². The minimum absolute atomic E-state index is 0.181. The summed E-state index contributed by atoms with van der Waals surface area (Å²) in [7, 11) is 0. The first kappa shape index (κ1) is 19.6. The molecule has 0 radical (unpaired) electrons. The zero-order chi connectivity index (χ0) is 20.1. The lowest BCUT2D eigenvalue weighted by molar-refractivity contribution is 0.0977. The van der Waals surface area contributed by atoms with Crippen LogP contribution in [0.1, 0.15) is 24.2 Å². The van der Waals surface area contributed by atoms with Crippen molar-refractivity contribution in [3.8, 4) is 11.5 Å². The van der Waals surface area contributed by atoms with Gasteiger partial charge in [-0.25, -0.2) is 0 Å². The highest BCUT2D eigenvalue weighted by molar-refractivity contribution is 7.80. The predicted molar refractivity (Wildman–Crippen MR) is 116 cm³/mol. The molecule has 0 unspecified atom stereocenters. The zero-order valence-corrected chi connectivity index (χ0v) is 16.5. The van der Waals surface area contributed by atoms with Gasteiger partial charge in [-0.1, -0.05) is 38.1 Å². The van der Waals surface area contributed by atoms with Gasteiger partial charge in [-0.05, 0) is 54.5 Å². The number of carbonyl (C=O) groups is 1. The molecule has 144 valence electrons. The second-order valence-electron chi connectivity index (χ2n) is 6.82. The van der Waals surface area contributed by atoms with E-state index >= 15 is 0 Å². The first-order chi connectivity index (χ1) is 13.4. The Balaban J connectivity index is 1.65. The average molecular weight is 394 g/mol. The normalized spacial score (nSPS) is 10.7. The van der Waals surface area contributed by atoms with Crippen LogP contribution in [0.5, 0.6) is 11.5 Å². The van der Waals surface area contributed by atoms with Gasteiger partial charge in [-0.2, -0.15) is 0 Å². The summed E-state index contributed by atoms with van der Waals surface area (Å²) >= 11 is 5.27. The maximum absolute atomic E-state index is 12.4.